The van der Waals surface area contributed by atoms with Crippen molar-refractivity contribution in [3.05, 3.63) is 58.8 Å². The molecule has 0 aliphatic carbocycles. The molecule has 1 aromatic heterocycles. The van der Waals surface area contributed by atoms with Gasteiger partial charge >= 0.3 is 0 Å². The molecular formula is C23H25N3O4S. The van der Waals surface area contributed by atoms with Crippen LogP contribution in [0.4, 0.5) is 5.82 Å². The van der Waals surface area contributed by atoms with Gasteiger partial charge in [0.05, 0.1) is 36.1 Å². The van der Waals surface area contributed by atoms with E-state index in [1.54, 1.807) is 16.8 Å². The fourth-order valence-electron chi connectivity index (χ4n) is 3.71. The van der Waals surface area contributed by atoms with Crippen LogP contribution in [-0.2, 0) is 4.79 Å². The summed E-state index contributed by atoms with van der Waals surface area (Å²) in [6.45, 7) is 5.85. The van der Waals surface area contributed by atoms with Crippen molar-refractivity contribution in [2.45, 2.75) is 31.3 Å². The van der Waals surface area contributed by atoms with Gasteiger partial charge < -0.3 is 19.9 Å². The van der Waals surface area contributed by atoms with E-state index in [0.29, 0.717) is 17.3 Å². The minimum absolute atomic E-state index is 0.0538. The SMILES string of the molecule is COc1cc(C2SC(C)C(=O)Nc3c2c(C)nn3-c2ccc(C)cc2)cc(OC)c1O. The summed E-state index contributed by atoms with van der Waals surface area (Å²) in [7, 11) is 3.00. The van der Waals surface area contributed by atoms with E-state index in [-0.39, 0.29) is 22.2 Å². The number of phenolic OH excluding ortho intramolecular Hbond substituents is 1. The molecule has 2 unspecified atom stereocenters. The second kappa shape index (κ2) is 8.19. The van der Waals surface area contributed by atoms with Gasteiger partial charge in [0.15, 0.2) is 11.5 Å². The van der Waals surface area contributed by atoms with Crippen molar-refractivity contribution in [2.75, 3.05) is 19.5 Å². The number of aryl methyl sites for hydroxylation is 2. The van der Waals surface area contributed by atoms with Gasteiger partial charge in [-0.1, -0.05) is 17.7 Å². The zero-order valence-electron chi connectivity index (χ0n) is 18.1. The molecule has 3 aromatic rings. The third-order valence-electron chi connectivity index (χ3n) is 5.40. The van der Waals surface area contributed by atoms with Crippen molar-refractivity contribution in [3.63, 3.8) is 0 Å². The van der Waals surface area contributed by atoms with E-state index in [2.05, 4.69) is 5.32 Å². The number of aromatic hydroxyl groups is 1. The number of carbonyl (C=O) groups excluding carboxylic acids is 1. The first-order chi connectivity index (χ1) is 14.8. The third kappa shape index (κ3) is 3.72. The number of benzene rings is 2. The molecule has 4 rings (SSSR count). The maximum atomic E-state index is 12.8. The first kappa shape index (κ1) is 21.1. The first-order valence-electron chi connectivity index (χ1n) is 9.91. The summed E-state index contributed by atoms with van der Waals surface area (Å²) in [5.41, 5.74) is 4.60. The lowest BCUT2D eigenvalue weighted by molar-refractivity contribution is -0.115. The monoisotopic (exact) mass is 439 g/mol. The lowest BCUT2D eigenvalue weighted by Gasteiger charge is -2.20. The molecule has 2 aromatic carbocycles. The van der Waals surface area contributed by atoms with Crippen molar-refractivity contribution in [1.29, 1.82) is 0 Å². The Balaban J connectivity index is 1.92. The smallest absolute Gasteiger partial charge is 0.238 e. The van der Waals surface area contributed by atoms with Gasteiger partial charge in [-0.15, -0.1) is 11.8 Å². The number of aromatic nitrogens is 2. The highest BCUT2D eigenvalue weighted by atomic mass is 32.2. The summed E-state index contributed by atoms with van der Waals surface area (Å²) in [6.07, 6.45) is 0. The molecule has 2 atom stereocenters. The van der Waals surface area contributed by atoms with E-state index in [1.807, 2.05) is 45.0 Å². The molecule has 8 heteroatoms. The molecule has 1 aliphatic rings. The summed E-state index contributed by atoms with van der Waals surface area (Å²) >= 11 is 1.52. The Kier molecular flexibility index (Phi) is 5.58. The summed E-state index contributed by atoms with van der Waals surface area (Å²) in [4.78, 5) is 12.8. The van der Waals surface area contributed by atoms with Gasteiger partial charge in [-0.2, -0.15) is 5.10 Å². The Morgan fingerprint density at radius 2 is 1.71 bits per heavy atom. The number of nitrogens with one attached hydrogen (secondary N) is 1. The molecule has 2 heterocycles. The largest absolute Gasteiger partial charge is 0.502 e. The Labute approximate surface area is 185 Å². The number of nitrogens with zero attached hydrogens (tertiary/aromatic N) is 2. The summed E-state index contributed by atoms with van der Waals surface area (Å²) in [6, 6.07) is 11.6. The van der Waals surface area contributed by atoms with Gasteiger partial charge in [0.25, 0.3) is 0 Å². The van der Waals surface area contributed by atoms with Gasteiger partial charge in [-0.25, -0.2) is 4.68 Å². The molecule has 1 amide bonds. The normalized spacial score (nSPS) is 18.2. The van der Waals surface area contributed by atoms with Crippen molar-refractivity contribution in [2.24, 2.45) is 0 Å². The number of ether oxygens (including phenoxy) is 2. The number of fused-ring (bicyclic) bond motifs is 1. The van der Waals surface area contributed by atoms with Crippen molar-refractivity contribution in [3.8, 4) is 22.9 Å². The number of anilines is 1. The fourth-order valence-corrected chi connectivity index (χ4v) is 5.01. The topological polar surface area (TPSA) is 85.6 Å². The van der Waals surface area contributed by atoms with E-state index in [4.69, 9.17) is 14.6 Å². The van der Waals surface area contributed by atoms with Gasteiger partial charge in [-0.3, -0.25) is 4.79 Å². The number of hydrogen-bond donors (Lipinski definition) is 2. The van der Waals surface area contributed by atoms with Crippen LogP contribution < -0.4 is 14.8 Å². The van der Waals surface area contributed by atoms with E-state index < -0.39 is 0 Å². The molecule has 0 spiro atoms. The van der Waals surface area contributed by atoms with Crippen LogP contribution in [0.5, 0.6) is 17.2 Å². The molecule has 0 saturated heterocycles. The minimum atomic E-state index is -0.297. The van der Waals surface area contributed by atoms with E-state index >= 15 is 0 Å². The highest BCUT2D eigenvalue weighted by molar-refractivity contribution is 8.01. The number of amides is 1. The lowest BCUT2D eigenvalue weighted by Crippen LogP contribution is -2.22. The number of hydrogen-bond acceptors (Lipinski definition) is 6. The van der Waals surface area contributed by atoms with Gasteiger partial charge in [0, 0.05) is 5.56 Å². The second-order valence-electron chi connectivity index (χ2n) is 7.52. The molecule has 0 radical (unpaired) electrons. The van der Waals surface area contributed by atoms with E-state index in [9.17, 15) is 9.90 Å². The Hall–Kier alpha value is -3.13. The van der Waals surface area contributed by atoms with Crippen LogP contribution in [0.25, 0.3) is 5.69 Å². The zero-order chi connectivity index (χ0) is 22.3. The zero-order valence-corrected chi connectivity index (χ0v) is 18.9. The number of methoxy groups -OCH3 is 2. The molecule has 162 valence electrons. The Morgan fingerprint density at radius 3 is 2.29 bits per heavy atom. The van der Waals surface area contributed by atoms with E-state index in [0.717, 1.165) is 28.1 Å². The molecule has 1 aliphatic heterocycles. The van der Waals surface area contributed by atoms with Crippen LogP contribution >= 0.6 is 11.8 Å². The predicted octanol–water partition coefficient (Wildman–Crippen LogP) is 4.38. The average molecular weight is 440 g/mol. The van der Waals surface area contributed by atoms with Crippen LogP contribution in [0.3, 0.4) is 0 Å². The van der Waals surface area contributed by atoms with Gasteiger partial charge in [-0.05, 0) is 50.6 Å². The molecule has 7 nitrogen and oxygen atoms in total. The first-order valence-corrected chi connectivity index (χ1v) is 10.9. The molecule has 0 saturated carbocycles. The summed E-state index contributed by atoms with van der Waals surface area (Å²) < 4.78 is 12.5. The highest BCUT2D eigenvalue weighted by Gasteiger charge is 2.35. The number of rotatable bonds is 4. The molecule has 2 N–H and O–H groups in total. The van der Waals surface area contributed by atoms with Crippen molar-refractivity contribution >= 4 is 23.5 Å². The second-order valence-corrected chi connectivity index (χ2v) is 8.97. The van der Waals surface area contributed by atoms with Crippen LogP contribution in [0.15, 0.2) is 36.4 Å². The quantitative estimate of drug-likeness (QED) is 0.628. The van der Waals surface area contributed by atoms with Crippen LogP contribution in [-0.4, -0.2) is 40.3 Å². The fraction of sp³-hybridized carbons (Fsp3) is 0.304. The molecular weight excluding hydrogens is 414 g/mol. The number of phenols is 1. The molecule has 0 fully saturated rings. The average Bonchev–Trinajstić information content (AvgIpc) is 3.00. The van der Waals surface area contributed by atoms with Gasteiger partial charge in [0.2, 0.25) is 11.7 Å². The standard InChI is InChI=1S/C23H25N3O4S/c1-12-6-8-16(9-7-12)26-22-19(13(2)25-26)21(31-14(3)23(28)24-22)15-10-17(29-4)20(27)18(11-15)30-5/h6-11,14,21,27H,1-5H3,(H,24,28). The van der Waals surface area contributed by atoms with Crippen molar-refractivity contribution in [1.82, 2.24) is 9.78 Å². The van der Waals surface area contributed by atoms with Gasteiger partial charge in [0.1, 0.15) is 5.82 Å². The van der Waals surface area contributed by atoms with Crippen molar-refractivity contribution < 1.29 is 19.4 Å². The summed E-state index contributed by atoms with van der Waals surface area (Å²) in [5.74, 6) is 1.15. The maximum absolute atomic E-state index is 12.8. The Bertz CT molecular complexity index is 1120. The maximum Gasteiger partial charge on any atom is 0.238 e. The summed E-state index contributed by atoms with van der Waals surface area (Å²) in [5, 5.41) is 17.7. The van der Waals surface area contributed by atoms with Crippen LogP contribution in [0.2, 0.25) is 0 Å². The minimum Gasteiger partial charge on any atom is -0.502 e. The number of thioether (sulfide) groups is 1. The third-order valence-corrected chi connectivity index (χ3v) is 6.81. The lowest BCUT2D eigenvalue weighted by atomic mass is 10.0. The van der Waals surface area contributed by atoms with Crippen LogP contribution in [0, 0.1) is 13.8 Å². The Morgan fingerprint density at radius 1 is 1.10 bits per heavy atom. The molecule has 0 bridgehead atoms. The molecule has 31 heavy (non-hydrogen) atoms. The van der Waals surface area contributed by atoms with Crippen LogP contribution in [0.1, 0.15) is 34.6 Å². The highest BCUT2D eigenvalue weighted by Crippen LogP contribution is 2.49. The number of carbonyl (C=O) groups is 1. The van der Waals surface area contributed by atoms with E-state index in [1.165, 1.54) is 26.0 Å². The predicted molar refractivity (Wildman–Crippen MR) is 122 cm³/mol.